The predicted octanol–water partition coefficient (Wildman–Crippen LogP) is 1.06. The molecule has 1 aliphatic rings. The first-order valence-electron chi connectivity index (χ1n) is 7.51. The number of carbonyl (C=O) groups excluding carboxylic acids is 1. The Hall–Kier alpha value is -1.82. The van der Waals surface area contributed by atoms with E-state index in [0.29, 0.717) is 19.2 Å². The summed E-state index contributed by atoms with van der Waals surface area (Å²) in [5.74, 6) is 0. The molecule has 0 aliphatic carbocycles. The van der Waals surface area contributed by atoms with Crippen LogP contribution in [0.5, 0.6) is 0 Å². The van der Waals surface area contributed by atoms with Crippen molar-refractivity contribution in [1.82, 2.24) is 14.8 Å². The van der Waals surface area contributed by atoms with Crippen molar-refractivity contribution in [2.75, 3.05) is 26.2 Å². The van der Waals surface area contributed by atoms with Crippen molar-refractivity contribution in [3.8, 4) is 0 Å². The van der Waals surface area contributed by atoms with Gasteiger partial charge < -0.3 is 19.5 Å². The SMILES string of the molecule is CCOC(=O)N1CCC(NCCn2ccccc2=O)CC1. The van der Waals surface area contributed by atoms with E-state index in [0.717, 1.165) is 32.5 Å². The molecule has 1 aromatic rings. The van der Waals surface area contributed by atoms with E-state index in [4.69, 9.17) is 4.74 Å². The van der Waals surface area contributed by atoms with Gasteiger partial charge in [-0.3, -0.25) is 4.79 Å². The van der Waals surface area contributed by atoms with E-state index >= 15 is 0 Å². The summed E-state index contributed by atoms with van der Waals surface area (Å²) >= 11 is 0. The average molecular weight is 293 g/mol. The largest absolute Gasteiger partial charge is 0.450 e. The van der Waals surface area contributed by atoms with E-state index in [1.807, 2.05) is 13.0 Å². The van der Waals surface area contributed by atoms with Crippen LogP contribution < -0.4 is 10.9 Å². The Morgan fingerprint density at radius 2 is 2.14 bits per heavy atom. The third-order valence-electron chi connectivity index (χ3n) is 3.71. The molecule has 0 atom stereocenters. The first kappa shape index (κ1) is 15.6. The predicted molar refractivity (Wildman–Crippen MR) is 80.3 cm³/mol. The molecule has 0 bridgehead atoms. The molecule has 1 fully saturated rings. The maximum Gasteiger partial charge on any atom is 0.409 e. The molecule has 1 saturated heterocycles. The molecule has 6 nitrogen and oxygen atoms in total. The Balaban J connectivity index is 1.69. The van der Waals surface area contributed by atoms with Crippen molar-refractivity contribution in [3.63, 3.8) is 0 Å². The summed E-state index contributed by atoms with van der Waals surface area (Å²) in [4.78, 5) is 24.9. The third-order valence-corrected chi connectivity index (χ3v) is 3.71. The molecule has 116 valence electrons. The maximum atomic E-state index is 11.6. The summed E-state index contributed by atoms with van der Waals surface area (Å²) in [5.41, 5.74) is 0.0245. The second-order valence-corrected chi connectivity index (χ2v) is 5.15. The van der Waals surface area contributed by atoms with Crippen molar-refractivity contribution >= 4 is 6.09 Å². The Morgan fingerprint density at radius 3 is 2.81 bits per heavy atom. The van der Waals surface area contributed by atoms with Crippen molar-refractivity contribution in [2.24, 2.45) is 0 Å². The molecule has 1 N–H and O–H groups in total. The smallest absolute Gasteiger partial charge is 0.409 e. The van der Waals surface area contributed by atoms with Gasteiger partial charge in [-0.15, -0.1) is 0 Å². The third kappa shape index (κ3) is 4.60. The molecule has 0 unspecified atom stereocenters. The number of hydrogen-bond donors (Lipinski definition) is 1. The van der Waals surface area contributed by atoms with Crippen LogP contribution in [0, 0.1) is 0 Å². The zero-order valence-corrected chi connectivity index (χ0v) is 12.5. The minimum Gasteiger partial charge on any atom is -0.450 e. The van der Waals surface area contributed by atoms with Crippen LogP contribution in [0.1, 0.15) is 19.8 Å². The van der Waals surface area contributed by atoms with Gasteiger partial charge in [0.05, 0.1) is 6.61 Å². The summed E-state index contributed by atoms with van der Waals surface area (Å²) in [6.07, 6.45) is 3.42. The Bertz CT molecular complexity index is 507. The number of carbonyl (C=O) groups is 1. The van der Waals surface area contributed by atoms with Gasteiger partial charge in [-0.2, -0.15) is 0 Å². The number of aromatic nitrogens is 1. The molecular formula is C15H23N3O3. The van der Waals surface area contributed by atoms with Crippen LogP contribution in [0.25, 0.3) is 0 Å². The van der Waals surface area contributed by atoms with E-state index in [9.17, 15) is 9.59 Å². The van der Waals surface area contributed by atoms with Crippen molar-refractivity contribution < 1.29 is 9.53 Å². The van der Waals surface area contributed by atoms with Crippen LogP contribution in [-0.2, 0) is 11.3 Å². The molecule has 0 aromatic carbocycles. The van der Waals surface area contributed by atoms with Crippen LogP contribution >= 0.6 is 0 Å². The molecule has 0 radical (unpaired) electrons. The monoisotopic (exact) mass is 293 g/mol. The average Bonchev–Trinajstić information content (AvgIpc) is 2.50. The lowest BCUT2D eigenvalue weighted by Crippen LogP contribution is -2.45. The highest BCUT2D eigenvalue weighted by molar-refractivity contribution is 5.67. The van der Waals surface area contributed by atoms with Gasteiger partial charge in [-0.1, -0.05) is 6.07 Å². The summed E-state index contributed by atoms with van der Waals surface area (Å²) in [5, 5.41) is 3.45. The number of pyridine rings is 1. The number of nitrogens with one attached hydrogen (secondary N) is 1. The zero-order chi connectivity index (χ0) is 15.1. The lowest BCUT2D eigenvalue weighted by molar-refractivity contribution is 0.0951. The fourth-order valence-electron chi connectivity index (χ4n) is 2.52. The molecule has 21 heavy (non-hydrogen) atoms. The van der Waals surface area contributed by atoms with E-state index in [-0.39, 0.29) is 11.7 Å². The number of hydrogen-bond acceptors (Lipinski definition) is 4. The van der Waals surface area contributed by atoms with Gasteiger partial charge in [0.2, 0.25) is 0 Å². The van der Waals surface area contributed by atoms with Crippen LogP contribution in [0.2, 0.25) is 0 Å². The molecule has 1 aromatic heterocycles. The quantitative estimate of drug-likeness (QED) is 0.881. The van der Waals surface area contributed by atoms with Gasteiger partial charge in [0, 0.05) is 44.5 Å². The van der Waals surface area contributed by atoms with Gasteiger partial charge in [0.25, 0.3) is 5.56 Å². The normalized spacial score (nSPS) is 16.0. The highest BCUT2D eigenvalue weighted by Gasteiger charge is 2.22. The first-order valence-corrected chi connectivity index (χ1v) is 7.51. The minimum atomic E-state index is -0.216. The minimum absolute atomic E-state index is 0.0245. The standard InChI is InChI=1S/C15H23N3O3/c1-2-21-15(20)18-10-6-13(7-11-18)16-8-12-17-9-4-3-5-14(17)19/h3-5,9,13,16H,2,6-8,10-12H2,1H3. The molecule has 0 spiro atoms. The van der Waals surface area contributed by atoms with Crippen LogP contribution in [-0.4, -0.2) is 47.8 Å². The number of piperidine rings is 1. The first-order chi connectivity index (χ1) is 10.2. The van der Waals surface area contributed by atoms with E-state index in [2.05, 4.69) is 5.32 Å². The van der Waals surface area contributed by atoms with Crippen LogP contribution in [0.3, 0.4) is 0 Å². The maximum absolute atomic E-state index is 11.6. The summed E-state index contributed by atoms with van der Waals surface area (Å²) in [6.45, 7) is 5.11. The zero-order valence-electron chi connectivity index (χ0n) is 12.5. The molecule has 2 heterocycles. The summed E-state index contributed by atoms with van der Waals surface area (Å²) < 4.78 is 6.69. The van der Waals surface area contributed by atoms with Crippen molar-refractivity contribution in [2.45, 2.75) is 32.4 Å². The summed E-state index contributed by atoms with van der Waals surface area (Å²) in [7, 11) is 0. The highest BCUT2D eigenvalue weighted by Crippen LogP contribution is 2.11. The lowest BCUT2D eigenvalue weighted by Gasteiger charge is -2.31. The Labute approximate surface area is 124 Å². The van der Waals surface area contributed by atoms with Gasteiger partial charge >= 0.3 is 6.09 Å². The molecular weight excluding hydrogens is 270 g/mol. The van der Waals surface area contributed by atoms with E-state index in [1.54, 1.807) is 27.8 Å². The van der Waals surface area contributed by atoms with Crippen LogP contribution in [0.4, 0.5) is 4.79 Å². The summed E-state index contributed by atoms with van der Waals surface area (Å²) in [6, 6.07) is 5.57. The van der Waals surface area contributed by atoms with Gasteiger partial charge in [0.1, 0.15) is 0 Å². The number of ether oxygens (including phenoxy) is 1. The fraction of sp³-hybridized carbons (Fsp3) is 0.600. The number of nitrogens with zero attached hydrogens (tertiary/aromatic N) is 2. The van der Waals surface area contributed by atoms with Crippen LogP contribution in [0.15, 0.2) is 29.2 Å². The van der Waals surface area contributed by atoms with Gasteiger partial charge in [-0.05, 0) is 25.8 Å². The lowest BCUT2D eigenvalue weighted by atomic mass is 10.1. The molecule has 2 rings (SSSR count). The fourth-order valence-corrected chi connectivity index (χ4v) is 2.52. The second-order valence-electron chi connectivity index (χ2n) is 5.15. The molecule has 0 saturated carbocycles. The number of amides is 1. The molecule has 1 aliphatic heterocycles. The van der Waals surface area contributed by atoms with Gasteiger partial charge in [0.15, 0.2) is 0 Å². The van der Waals surface area contributed by atoms with E-state index < -0.39 is 0 Å². The van der Waals surface area contributed by atoms with Crippen molar-refractivity contribution in [1.29, 1.82) is 0 Å². The number of likely N-dealkylation sites (tertiary alicyclic amines) is 1. The van der Waals surface area contributed by atoms with Gasteiger partial charge in [-0.25, -0.2) is 4.79 Å². The number of rotatable bonds is 5. The highest BCUT2D eigenvalue weighted by atomic mass is 16.6. The van der Waals surface area contributed by atoms with E-state index in [1.165, 1.54) is 0 Å². The Kier molecular flexibility index (Phi) is 5.80. The van der Waals surface area contributed by atoms with Crippen molar-refractivity contribution in [3.05, 3.63) is 34.7 Å². The second kappa shape index (κ2) is 7.83. The topological polar surface area (TPSA) is 63.6 Å². The molecule has 1 amide bonds. The molecule has 6 heteroatoms. The Morgan fingerprint density at radius 1 is 1.38 bits per heavy atom.